The molecule has 0 saturated carbocycles. The Morgan fingerprint density at radius 2 is 2.30 bits per heavy atom. The summed E-state index contributed by atoms with van der Waals surface area (Å²) < 4.78 is 0. The van der Waals surface area contributed by atoms with Crippen molar-refractivity contribution < 1.29 is 4.79 Å². The lowest BCUT2D eigenvalue weighted by Gasteiger charge is -2.34. The third-order valence-electron chi connectivity index (χ3n) is 4.31. The number of hydrogen-bond donors (Lipinski definition) is 1. The van der Waals surface area contributed by atoms with Crippen molar-refractivity contribution in [2.75, 3.05) is 25.4 Å². The van der Waals surface area contributed by atoms with Gasteiger partial charge in [0.2, 0.25) is 5.91 Å². The summed E-state index contributed by atoms with van der Waals surface area (Å²) in [7, 11) is 0. The second kappa shape index (κ2) is 7.15. The predicted octanol–water partition coefficient (Wildman–Crippen LogP) is 2.61. The van der Waals surface area contributed by atoms with Crippen molar-refractivity contribution in [2.24, 2.45) is 0 Å². The molecular formula is C16H22N4OS2. The first-order valence-electron chi connectivity index (χ1n) is 7.91. The van der Waals surface area contributed by atoms with E-state index in [0.29, 0.717) is 6.42 Å². The number of rotatable bonds is 4. The highest BCUT2D eigenvalue weighted by atomic mass is 32.2. The maximum Gasteiger partial charge on any atom is 0.223 e. The van der Waals surface area contributed by atoms with Crippen LogP contribution < -0.4 is 5.32 Å². The number of thiophene rings is 1. The molecule has 0 aromatic carbocycles. The fraction of sp³-hybridized carbons (Fsp3) is 0.562. The Balaban J connectivity index is 1.64. The van der Waals surface area contributed by atoms with Gasteiger partial charge >= 0.3 is 0 Å². The van der Waals surface area contributed by atoms with Crippen molar-refractivity contribution in [3.8, 4) is 0 Å². The van der Waals surface area contributed by atoms with Crippen LogP contribution in [0.25, 0.3) is 10.2 Å². The molecule has 5 nitrogen and oxygen atoms in total. The maximum atomic E-state index is 12.4. The molecular weight excluding hydrogens is 328 g/mol. The highest BCUT2D eigenvalue weighted by Gasteiger charge is 2.22. The van der Waals surface area contributed by atoms with Gasteiger partial charge in [0.1, 0.15) is 16.2 Å². The molecule has 1 saturated heterocycles. The Bertz CT molecular complexity index is 715. The number of aromatic nitrogens is 2. The first kappa shape index (κ1) is 16.7. The lowest BCUT2D eigenvalue weighted by Crippen LogP contribution is -2.52. The van der Waals surface area contributed by atoms with Crippen LogP contribution in [-0.2, 0) is 4.79 Å². The Kier molecular flexibility index (Phi) is 5.18. The van der Waals surface area contributed by atoms with Crippen LogP contribution in [0.4, 0.5) is 0 Å². The molecule has 0 radical (unpaired) electrons. The van der Waals surface area contributed by atoms with E-state index in [2.05, 4.69) is 36.1 Å². The molecule has 0 bridgehead atoms. The molecule has 2 aromatic heterocycles. The van der Waals surface area contributed by atoms with Crippen LogP contribution in [0, 0.1) is 13.8 Å². The zero-order valence-corrected chi connectivity index (χ0v) is 15.4. The molecule has 1 aliphatic heterocycles. The Labute approximate surface area is 144 Å². The molecule has 0 spiro atoms. The monoisotopic (exact) mass is 350 g/mol. The number of fused-ring (bicyclic) bond motifs is 1. The molecule has 1 amide bonds. The lowest BCUT2D eigenvalue weighted by molar-refractivity contribution is -0.133. The number of nitrogens with zero attached hydrogens (tertiary/aromatic N) is 3. The molecule has 124 valence electrons. The lowest BCUT2D eigenvalue weighted by atomic mass is 10.2. The van der Waals surface area contributed by atoms with Gasteiger partial charge < -0.3 is 10.2 Å². The SMILES string of the molecule is Cc1sc2ncnc(SCCC(=O)N3CCNC[C@@H]3C)c2c1C. The van der Waals surface area contributed by atoms with Crippen molar-refractivity contribution >= 4 is 39.2 Å². The van der Waals surface area contributed by atoms with Crippen LogP contribution in [0.15, 0.2) is 11.4 Å². The Morgan fingerprint density at radius 1 is 1.48 bits per heavy atom. The van der Waals surface area contributed by atoms with E-state index in [0.717, 1.165) is 40.6 Å². The average Bonchev–Trinajstić information content (AvgIpc) is 2.83. The van der Waals surface area contributed by atoms with Crippen LogP contribution in [0.2, 0.25) is 0 Å². The smallest absolute Gasteiger partial charge is 0.223 e. The number of aryl methyl sites for hydroxylation is 2. The average molecular weight is 351 g/mol. The van der Waals surface area contributed by atoms with Gasteiger partial charge in [-0.05, 0) is 26.3 Å². The van der Waals surface area contributed by atoms with Gasteiger partial charge in [-0.3, -0.25) is 4.79 Å². The number of carbonyl (C=O) groups is 1. The summed E-state index contributed by atoms with van der Waals surface area (Å²) in [6.07, 6.45) is 2.18. The summed E-state index contributed by atoms with van der Waals surface area (Å²) in [5, 5.41) is 5.47. The molecule has 1 atom stereocenters. The summed E-state index contributed by atoms with van der Waals surface area (Å²) in [5.74, 6) is 1.01. The zero-order valence-electron chi connectivity index (χ0n) is 13.8. The number of carbonyl (C=O) groups excluding carboxylic acids is 1. The van der Waals surface area contributed by atoms with E-state index >= 15 is 0 Å². The molecule has 0 unspecified atom stereocenters. The molecule has 2 aromatic rings. The maximum absolute atomic E-state index is 12.4. The summed E-state index contributed by atoms with van der Waals surface area (Å²) in [6, 6.07) is 0.286. The van der Waals surface area contributed by atoms with Gasteiger partial charge in [-0.25, -0.2) is 9.97 Å². The van der Waals surface area contributed by atoms with Crippen LogP contribution in [0.3, 0.4) is 0 Å². The van der Waals surface area contributed by atoms with Crippen molar-refractivity contribution in [1.82, 2.24) is 20.2 Å². The van der Waals surface area contributed by atoms with Crippen molar-refractivity contribution in [3.63, 3.8) is 0 Å². The van der Waals surface area contributed by atoms with Gasteiger partial charge in [0, 0.05) is 48.1 Å². The quantitative estimate of drug-likeness (QED) is 0.678. The Hall–Kier alpha value is -1.18. The molecule has 7 heteroatoms. The molecule has 1 fully saturated rings. The molecule has 1 aliphatic rings. The van der Waals surface area contributed by atoms with E-state index in [1.54, 1.807) is 29.4 Å². The van der Waals surface area contributed by atoms with Gasteiger partial charge in [0.15, 0.2) is 0 Å². The van der Waals surface area contributed by atoms with Crippen LogP contribution in [-0.4, -0.2) is 52.2 Å². The largest absolute Gasteiger partial charge is 0.337 e. The predicted molar refractivity (Wildman–Crippen MR) is 96.3 cm³/mol. The van der Waals surface area contributed by atoms with Crippen molar-refractivity contribution in [1.29, 1.82) is 0 Å². The summed E-state index contributed by atoms with van der Waals surface area (Å²) in [5.41, 5.74) is 1.26. The van der Waals surface area contributed by atoms with Crippen molar-refractivity contribution in [3.05, 3.63) is 16.8 Å². The van der Waals surface area contributed by atoms with Gasteiger partial charge in [-0.1, -0.05) is 0 Å². The van der Waals surface area contributed by atoms with E-state index in [-0.39, 0.29) is 11.9 Å². The first-order chi connectivity index (χ1) is 11.1. The molecule has 0 aliphatic carbocycles. The normalized spacial score (nSPS) is 18.6. The minimum Gasteiger partial charge on any atom is -0.337 e. The van der Waals surface area contributed by atoms with E-state index in [1.165, 1.54) is 10.4 Å². The summed E-state index contributed by atoms with van der Waals surface area (Å²) >= 11 is 3.37. The number of hydrogen-bond acceptors (Lipinski definition) is 6. The first-order valence-corrected chi connectivity index (χ1v) is 9.72. The van der Waals surface area contributed by atoms with Gasteiger partial charge in [0.25, 0.3) is 0 Å². The van der Waals surface area contributed by atoms with E-state index in [9.17, 15) is 4.79 Å². The Morgan fingerprint density at radius 3 is 3.09 bits per heavy atom. The van der Waals surface area contributed by atoms with Gasteiger partial charge in [-0.2, -0.15) is 0 Å². The topological polar surface area (TPSA) is 58.1 Å². The summed E-state index contributed by atoms with van der Waals surface area (Å²) in [6.45, 7) is 8.93. The van der Waals surface area contributed by atoms with E-state index < -0.39 is 0 Å². The summed E-state index contributed by atoms with van der Waals surface area (Å²) in [4.78, 5) is 25.5. The fourth-order valence-corrected chi connectivity index (χ4v) is 4.90. The molecule has 3 rings (SSSR count). The number of nitrogens with one attached hydrogen (secondary N) is 1. The highest BCUT2D eigenvalue weighted by Crippen LogP contribution is 2.34. The van der Waals surface area contributed by atoms with Crippen LogP contribution in [0.1, 0.15) is 23.8 Å². The molecule has 23 heavy (non-hydrogen) atoms. The van der Waals surface area contributed by atoms with Crippen molar-refractivity contribution in [2.45, 2.75) is 38.3 Å². The number of thioether (sulfide) groups is 1. The third kappa shape index (κ3) is 3.51. The number of amides is 1. The zero-order chi connectivity index (χ0) is 16.4. The minimum atomic E-state index is 0.245. The molecule has 1 N–H and O–H groups in total. The van der Waals surface area contributed by atoms with Crippen LogP contribution in [0.5, 0.6) is 0 Å². The van der Waals surface area contributed by atoms with E-state index in [4.69, 9.17) is 0 Å². The van der Waals surface area contributed by atoms with E-state index in [1.807, 2.05) is 4.90 Å². The van der Waals surface area contributed by atoms with Crippen LogP contribution >= 0.6 is 23.1 Å². The highest BCUT2D eigenvalue weighted by molar-refractivity contribution is 7.99. The number of piperazine rings is 1. The standard InChI is InChI=1S/C16H22N4OS2/c1-10-8-17-5-6-20(10)13(21)4-7-22-15-14-11(2)12(3)23-16(14)19-9-18-15/h9-10,17H,4-8H2,1-3H3/t10-/m0/s1. The third-order valence-corrected chi connectivity index (χ3v) is 6.41. The second-order valence-corrected chi connectivity index (χ2v) is 8.17. The molecule has 3 heterocycles. The minimum absolute atomic E-state index is 0.245. The van der Waals surface area contributed by atoms with Gasteiger partial charge in [0.05, 0.1) is 0 Å². The van der Waals surface area contributed by atoms with Gasteiger partial charge in [-0.15, -0.1) is 23.1 Å². The second-order valence-electron chi connectivity index (χ2n) is 5.88. The fourth-order valence-electron chi connectivity index (χ4n) is 2.85.